The zero-order valence-electron chi connectivity index (χ0n) is 11.1. The third-order valence-corrected chi connectivity index (χ3v) is 5.37. The molecule has 0 fully saturated rings. The first-order valence-electron chi connectivity index (χ1n) is 6.53. The SMILES string of the molecule is CCc1ccc(CC(CSc2ccccc2)NN)s1. The second-order valence-corrected chi connectivity index (χ2v) is 6.76. The lowest BCUT2D eigenvalue weighted by molar-refractivity contribution is 0.579. The van der Waals surface area contributed by atoms with Gasteiger partial charge >= 0.3 is 0 Å². The molecule has 4 heteroatoms. The molecule has 1 atom stereocenters. The van der Waals surface area contributed by atoms with Crippen LogP contribution in [0.3, 0.4) is 0 Å². The van der Waals surface area contributed by atoms with Crippen molar-refractivity contribution in [2.45, 2.75) is 30.7 Å². The van der Waals surface area contributed by atoms with Gasteiger partial charge in [-0.1, -0.05) is 25.1 Å². The van der Waals surface area contributed by atoms with Crippen LogP contribution in [0.15, 0.2) is 47.4 Å². The quantitative estimate of drug-likeness (QED) is 0.466. The molecule has 2 rings (SSSR count). The number of hydrazine groups is 1. The van der Waals surface area contributed by atoms with Gasteiger partial charge in [0.05, 0.1) is 0 Å². The Balaban J connectivity index is 1.86. The molecule has 2 aromatic rings. The Hall–Kier alpha value is -0.810. The van der Waals surface area contributed by atoms with E-state index in [-0.39, 0.29) is 0 Å². The van der Waals surface area contributed by atoms with Gasteiger partial charge in [-0.15, -0.1) is 23.1 Å². The highest BCUT2D eigenvalue weighted by molar-refractivity contribution is 7.99. The molecule has 0 saturated carbocycles. The summed E-state index contributed by atoms with van der Waals surface area (Å²) in [5, 5.41) is 0. The lowest BCUT2D eigenvalue weighted by atomic mass is 10.2. The fourth-order valence-electron chi connectivity index (χ4n) is 1.84. The van der Waals surface area contributed by atoms with Gasteiger partial charge in [0, 0.05) is 26.4 Å². The molecule has 102 valence electrons. The Morgan fingerprint density at radius 1 is 1.16 bits per heavy atom. The number of hydrogen-bond acceptors (Lipinski definition) is 4. The van der Waals surface area contributed by atoms with Gasteiger partial charge in [0.2, 0.25) is 0 Å². The number of aryl methyl sites for hydroxylation is 1. The van der Waals surface area contributed by atoms with Crippen molar-refractivity contribution in [1.29, 1.82) is 0 Å². The monoisotopic (exact) mass is 292 g/mol. The zero-order valence-corrected chi connectivity index (χ0v) is 12.8. The minimum atomic E-state index is 0.313. The van der Waals surface area contributed by atoms with Crippen LogP contribution in [-0.4, -0.2) is 11.8 Å². The number of nitrogens with two attached hydrogens (primary N) is 1. The summed E-state index contributed by atoms with van der Waals surface area (Å²) in [7, 11) is 0. The van der Waals surface area contributed by atoms with Crippen molar-refractivity contribution in [1.82, 2.24) is 5.43 Å². The molecule has 0 bridgehead atoms. The first kappa shape index (κ1) is 14.6. The van der Waals surface area contributed by atoms with E-state index < -0.39 is 0 Å². The molecular weight excluding hydrogens is 272 g/mol. The average molecular weight is 292 g/mol. The summed E-state index contributed by atoms with van der Waals surface area (Å²) in [5.41, 5.74) is 2.93. The highest BCUT2D eigenvalue weighted by Crippen LogP contribution is 2.22. The molecule has 0 radical (unpaired) electrons. The van der Waals surface area contributed by atoms with Gasteiger partial charge in [-0.05, 0) is 37.1 Å². The molecule has 1 unspecified atom stereocenters. The predicted octanol–water partition coefficient (Wildman–Crippen LogP) is 3.48. The van der Waals surface area contributed by atoms with Crippen LogP contribution in [0.1, 0.15) is 16.7 Å². The summed E-state index contributed by atoms with van der Waals surface area (Å²) in [4.78, 5) is 4.15. The van der Waals surface area contributed by atoms with Crippen molar-refractivity contribution in [3.8, 4) is 0 Å². The number of nitrogens with one attached hydrogen (secondary N) is 1. The van der Waals surface area contributed by atoms with E-state index in [0.29, 0.717) is 6.04 Å². The molecule has 1 aromatic heterocycles. The van der Waals surface area contributed by atoms with E-state index >= 15 is 0 Å². The maximum Gasteiger partial charge on any atom is 0.0352 e. The average Bonchev–Trinajstić information content (AvgIpc) is 2.92. The number of benzene rings is 1. The number of thiophene rings is 1. The van der Waals surface area contributed by atoms with Crippen LogP contribution in [0.5, 0.6) is 0 Å². The van der Waals surface area contributed by atoms with E-state index in [1.165, 1.54) is 14.6 Å². The normalized spacial score (nSPS) is 12.5. The van der Waals surface area contributed by atoms with E-state index in [1.807, 2.05) is 29.2 Å². The lowest BCUT2D eigenvalue weighted by Gasteiger charge is -2.14. The molecule has 1 aromatic carbocycles. The van der Waals surface area contributed by atoms with Crippen molar-refractivity contribution in [3.05, 3.63) is 52.2 Å². The van der Waals surface area contributed by atoms with Gasteiger partial charge in [-0.2, -0.15) is 0 Å². The summed E-state index contributed by atoms with van der Waals surface area (Å²) in [6, 6.07) is 15.2. The molecule has 0 spiro atoms. The van der Waals surface area contributed by atoms with E-state index in [9.17, 15) is 0 Å². The van der Waals surface area contributed by atoms with Crippen molar-refractivity contribution in [3.63, 3.8) is 0 Å². The fourth-order valence-corrected chi connectivity index (χ4v) is 3.84. The van der Waals surface area contributed by atoms with E-state index in [0.717, 1.165) is 18.6 Å². The second-order valence-electron chi connectivity index (χ2n) is 4.41. The van der Waals surface area contributed by atoms with Gasteiger partial charge < -0.3 is 0 Å². The first-order chi connectivity index (χ1) is 9.31. The van der Waals surface area contributed by atoms with Crippen LogP contribution in [0.25, 0.3) is 0 Å². The van der Waals surface area contributed by atoms with Crippen LogP contribution in [-0.2, 0) is 12.8 Å². The Morgan fingerprint density at radius 2 is 1.89 bits per heavy atom. The van der Waals surface area contributed by atoms with Gasteiger partial charge in [-0.25, -0.2) is 0 Å². The van der Waals surface area contributed by atoms with Gasteiger partial charge in [0.15, 0.2) is 0 Å². The van der Waals surface area contributed by atoms with Crippen LogP contribution < -0.4 is 11.3 Å². The molecule has 1 heterocycles. The molecule has 19 heavy (non-hydrogen) atoms. The first-order valence-corrected chi connectivity index (χ1v) is 8.33. The minimum Gasteiger partial charge on any atom is -0.271 e. The molecular formula is C15H20N2S2. The predicted molar refractivity (Wildman–Crippen MR) is 85.7 cm³/mol. The largest absolute Gasteiger partial charge is 0.271 e. The Kier molecular flexibility index (Phi) is 5.92. The van der Waals surface area contributed by atoms with Crippen molar-refractivity contribution in [2.24, 2.45) is 5.84 Å². The van der Waals surface area contributed by atoms with E-state index in [1.54, 1.807) is 0 Å². The van der Waals surface area contributed by atoms with Crippen LogP contribution in [0.2, 0.25) is 0 Å². The van der Waals surface area contributed by atoms with Crippen LogP contribution >= 0.6 is 23.1 Å². The Bertz CT molecular complexity index is 482. The highest BCUT2D eigenvalue weighted by Gasteiger charge is 2.10. The smallest absolute Gasteiger partial charge is 0.0352 e. The van der Waals surface area contributed by atoms with Crippen molar-refractivity contribution < 1.29 is 0 Å². The molecule has 2 nitrogen and oxygen atoms in total. The Morgan fingerprint density at radius 3 is 2.53 bits per heavy atom. The maximum atomic E-state index is 5.67. The fraction of sp³-hybridized carbons (Fsp3) is 0.333. The standard InChI is InChI=1S/C15H20N2S2/c1-2-13-8-9-15(19-13)10-12(17-16)11-18-14-6-4-3-5-7-14/h3-9,12,17H,2,10-11,16H2,1H3. The summed E-state index contributed by atoms with van der Waals surface area (Å²) in [5.74, 6) is 6.65. The third kappa shape index (κ3) is 4.66. The lowest BCUT2D eigenvalue weighted by Crippen LogP contribution is -2.38. The minimum absolute atomic E-state index is 0.313. The number of thioether (sulfide) groups is 1. The second kappa shape index (κ2) is 7.70. The van der Waals surface area contributed by atoms with E-state index in [2.05, 4.69) is 48.7 Å². The summed E-state index contributed by atoms with van der Waals surface area (Å²) < 4.78 is 0. The molecule has 0 amide bonds. The highest BCUT2D eigenvalue weighted by atomic mass is 32.2. The summed E-state index contributed by atoms with van der Waals surface area (Å²) >= 11 is 3.74. The van der Waals surface area contributed by atoms with Gasteiger partial charge in [0.25, 0.3) is 0 Å². The molecule has 3 N–H and O–H groups in total. The molecule has 0 saturated heterocycles. The number of hydrogen-bond donors (Lipinski definition) is 2. The summed E-state index contributed by atoms with van der Waals surface area (Å²) in [6.07, 6.45) is 2.12. The zero-order chi connectivity index (χ0) is 13.5. The van der Waals surface area contributed by atoms with Gasteiger partial charge in [-0.3, -0.25) is 11.3 Å². The molecule has 0 aliphatic rings. The van der Waals surface area contributed by atoms with Gasteiger partial charge in [0.1, 0.15) is 0 Å². The molecule has 0 aliphatic carbocycles. The third-order valence-electron chi connectivity index (χ3n) is 2.94. The van der Waals surface area contributed by atoms with Crippen LogP contribution in [0.4, 0.5) is 0 Å². The van der Waals surface area contributed by atoms with Crippen molar-refractivity contribution >= 4 is 23.1 Å². The van der Waals surface area contributed by atoms with Crippen LogP contribution in [0, 0.1) is 0 Å². The topological polar surface area (TPSA) is 38.0 Å². The maximum absolute atomic E-state index is 5.67. The van der Waals surface area contributed by atoms with Crippen molar-refractivity contribution in [2.75, 3.05) is 5.75 Å². The van der Waals surface area contributed by atoms with E-state index in [4.69, 9.17) is 5.84 Å². The Labute approximate surface area is 123 Å². The molecule has 0 aliphatic heterocycles. The number of rotatable bonds is 7. The summed E-state index contributed by atoms with van der Waals surface area (Å²) in [6.45, 7) is 2.19.